The molecule has 0 saturated heterocycles. The molecule has 3 rings (SSSR count). The summed E-state index contributed by atoms with van der Waals surface area (Å²) < 4.78 is 37.7. The number of para-hydroxylation sites is 2. The van der Waals surface area contributed by atoms with Crippen LogP contribution in [-0.2, 0) is 19.6 Å². The second-order valence-electron chi connectivity index (χ2n) is 7.57. The second-order valence-corrected chi connectivity index (χ2v) is 9.54. The summed E-state index contributed by atoms with van der Waals surface area (Å²) in [6.07, 6.45) is -1.05. The molecule has 1 N–H and O–H groups in total. The molecule has 0 unspecified atom stereocenters. The number of hydrogen-bond acceptors (Lipinski definition) is 6. The van der Waals surface area contributed by atoms with Crippen molar-refractivity contribution in [2.45, 2.75) is 24.8 Å². The van der Waals surface area contributed by atoms with Gasteiger partial charge in [-0.3, -0.25) is 9.10 Å². The Bertz CT molecular complexity index is 1270. The molecule has 0 aromatic heterocycles. The van der Waals surface area contributed by atoms with Crippen LogP contribution in [0.1, 0.15) is 22.8 Å². The van der Waals surface area contributed by atoms with Crippen LogP contribution in [0.4, 0.5) is 11.4 Å². The highest BCUT2D eigenvalue weighted by Gasteiger charge is 2.25. The van der Waals surface area contributed by atoms with Gasteiger partial charge in [0.1, 0.15) is 5.75 Å². The standard InChI is InChI=1S/C25H26N2O6S/c1-17-9-13-20(14-10-17)26-24(28)18(2)33-25(29)19-11-15-21(16-12-19)34(30,31)27(3)22-7-5-6-8-23(22)32-4/h5-16,18H,1-4H3,(H,26,28)/t18-/m1/s1. The number of amides is 1. The van der Waals surface area contributed by atoms with Gasteiger partial charge in [-0.15, -0.1) is 0 Å². The summed E-state index contributed by atoms with van der Waals surface area (Å²) in [5.41, 5.74) is 2.14. The van der Waals surface area contributed by atoms with Gasteiger partial charge in [0.25, 0.3) is 15.9 Å². The zero-order valence-corrected chi connectivity index (χ0v) is 20.1. The molecule has 0 aliphatic heterocycles. The fourth-order valence-electron chi connectivity index (χ4n) is 3.10. The van der Waals surface area contributed by atoms with E-state index in [4.69, 9.17) is 9.47 Å². The number of benzene rings is 3. The van der Waals surface area contributed by atoms with E-state index in [1.165, 1.54) is 45.3 Å². The van der Waals surface area contributed by atoms with Gasteiger partial charge in [0.05, 0.1) is 23.3 Å². The molecule has 0 spiro atoms. The number of carbonyl (C=O) groups excluding carboxylic acids is 2. The van der Waals surface area contributed by atoms with Crippen LogP contribution in [0.25, 0.3) is 0 Å². The van der Waals surface area contributed by atoms with Crippen molar-refractivity contribution in [1.29, 1.82) is 0 Å². The van der Waals surface area contributed by atoms with Crippen LogP contribution in [0.15, 0.2) is 77.7 Å². The lowest BCUT2D eigenvalue weighted by atomic mass is 10.2. The maximum absolute atomic E-state index is 13.0. The molecular weight excluding hydrogens is 456 g/mol. The summed E-state index contributed by atoms with van der Waals surface area (Å²) in [6.45, 7) is 3.39. The highest BCUT2D eigenvalue weighted by atomic mass is 32.2. The lowest BCUT2D eigenvalue weighted by Crippen LogP contribution is -2.30. The topological polar surface area (TPSA) is 102 Å². The zero-order valence-electron chi connectivity index (χ0n) is 19.3. The summed E-state index contributed by atoms with van der Waals surface area (Å²) in [5.74, 6) is -0.810. The molecule has 0 aliphatic carbocycles. The molecule has 0 bridgehead atoms. The number of nitrogens with one attached hydrogen (secondary N) is 1. The Hall–Kier alpha value is -3.85. The van der Waals surface area contributed by atoms with E-state index in [0.717, 1.165) is 9.87 Å². The van der Waals surface area contributed by atoms with Crippen LogP contribution in [0, 0.1) is 6.92 Å². The number of esters is 1. The molecular formula is C25H26N2O6S. The Kier molecular flexibility index (Phi) is 7.57. The summed E-state index contributed by atoms with van der Waals surface area (Å²) >= 11 is 0. The number of sulfonamides is 1. The first-order valence-corrected chi connectivity index (χ1v) is 11.9. The Balaban J connectivity index is 1.68. The van der Waals surface area contributed by atoms with Crippen molar-refractivity contribution in [3.8, 4) is 5.75 Å². The van der Waals surface area contributed by atoms with E-state index in [1.807, 2.05) is 19.1 Å². The molecule has 0 fully saturated rings. The number of aryl methyl sites for hydroxylation is 1. The molecule has 0 aliphatic rings. The van der Waals surface area contributed by atoms with Crippen LogP contribution in [0.5, 0.6) is 5.75 Å². The number of nitrogens with zero attached hydrogens (tertiary/aromatic N) is 1. The Morgan fingerprint density at radius 2 is 1.56 bits per heavy atom. The third-order valence-corrected chi connectivity index (χ3v) is 6.93. The predicted octanol–water partition coefficient (Wildman–Crippen LogP) is 4.01. The fourth-order valence-corrected chi connectivity index (χ4v) is 4.31. The molecule has 3 aromatic rings. The van der Waals surface area contributed by atoms with Gasteiger partial charge < -0.3 is 14.8 Å². The van der Waals surface area contributed by atoms with Crippen molar-refractivity contribution in [3.05, 3.63) is 83.9 Å². The van der Waals surface area contributed by atoms with Crippen molar-refractivity contribution in [1.82, 2.24) is 0 Å². The lowest BCUT2D eigenvalue weighted by molar-refractivity contribution is -0.123. The molecule has 34 heavy (non-hydrogen) atoms. The molecule has 0 heterocycles. The van der Waals surface area contributed by atoms with Crippen LogP contribution in [0.2, 0.25) is 0 Å². The van der Waals surface area contributed by atoms with Gasteiger partial charge in [0, 0.05) is 12.7 Å². The summed E-state index contributed by atoms with van der Waals surface area (Å²) in [7, 11) is -1.02. The molecule has 178 valence electrons. The molecule has 9 heteroatoms. The lowest BCUT2D eigenvalue weighted by Gasteiger charge is -2.21. The maximum Gasteiger partial charge on any atom is 0.338 e. The Labute approximate surface area is 199 Å². The first-order valence-electron chi connectivity index (χ1n) is 10.4. The van der Waals surface area contributed by atoms with E-state index >= 15 is 0 Å². The van der Waals surface area contributed by atoms with E-state index in [-0.39, 0.29) is 10.5 Å². The third kappa shape index (κ3) is 5.55. The smallest absolute Gasteiger partial charge is 0.338 e. The van der Waals surface area contributed by atoms with E-state index in [2.05, 4.69) is 5.32 Å². The van der Waals surface area contributed by atoms with Crippen molar-refractivity contribution in [2.24, 2.45) is 0 Å². The number of methoxy groups -OCH3 is 1. The van der Waals surface area contributed by atoms with Gasteiger partial charge in [-0.2, -0.15) is 0 Å². The zero-order chi connectivity index (χ0) is 24.9. The van der Waals surface area contributed by atoms with Gasteiger partial charge in [0.2, 0.25) is 0 Å². The minimum atomic E-state index is -3.90. The molecule has 0 saturated carbocycles. The van der Waals surface area contributed by atoms with E-state index in [9.17, 15) is 18.0 Å². The third-order valence-electron chi connectivity index (χ3n) is 5.14. The second kappa shape index (κ2) is 10.4. The summed E-state index contributed by atoms with van der Waals surface area (Å²) in [6, 6.07) is 19.3. The molecule has 0 radical (unpaired) electrons. The highest BCUT2D eigenvalue weighted by Crippen LogP contribution is 2.30. The molecule has 1 atom stereocenters. The number of rotatable bonds is 8. The number of carbonyl (C=O) groups is 2. The van der Waals surface area contributed by atoms with Gasteiger partial charge in [-0.25, -0.2) is 13.2 Å². The molecule has 3 aromatic carbocycles. The van der Waals surface area contributed by atoms with Crippen LogP contribution in [0.3, 0.4) is 0 Å². The summed E-state index contributed by atoms with van der Waals surface area (Å²) in [4.78, 5) is 24.8. The van der Waals surface area contributed by atoms with Gasteiger partial charge in [0.15, 0.2) is 6.10 Å². The quantitative estimate of drug-likeness (QED) is 0.487. The number of anilines is 2. The van der Waals surface area contributed by atoms with E-state index in [0.29, 0.717) is 17.1 Å². The fraction of sp³-hybridized carbons (Fsp3) is 0.200. The maximum atomic E-state index is 13.0. The van der Waals surface area contributed by atoms with Crippen LogP contribution in [-0.4, -0.2) is 40.6 Å². The van der Waals surface area contributed by atoms with Crippen molar-refractivity contribution < 1.29 is 27.5 Å². The highest BCUT2D eigenvalue weighted by molar-refractivity contribution is 7.92. The molecule has 1 amide bonds. The van der Waals surface area contributed by atoms with Crippen molar-refractivity contribution in [3.63, 3.8) is 0 Å². The predicted molar refractivity (Wildman–Crippen MR) is 130 cm³/mol. The minimum Gasteiger partial charge on any atom is -0.495 e. The van der Waals surface area contributed by atoms with Crippen molar-refractivity contribution in [2.75, 3.05) is 23.8 Å². The normalized spacial score (nSPS) is 11.9. The Morgan fingerprint density at radius 1 is 0.941 bits per heavy atom. The van der Waals surface area contributed by atoms with Crippen LogP contribution >= 0.6 is 0 Å². The van der Waals surface area contributed by atoms with Gasteiger partial charge in [-0.05, 0) is 62.4 Å². The largest absolute Gasteiger partial charge is 0.495 e. The molecule has 8 nitrogen and oxygen atoms in total. The Morgan fingerprint density at radius 3 is 2.18 bits per heavy atom. The SMILES string of the molecule is COc1ccccc1N(C)S(=O)(=O)c1ccc(C(=O)O[C@H](C)C(=O)Nc2ccc(C)cc2)cc1. The van der Waals surface area contributed by atoms with Gasteiger partial charge in [-0.1, -0.05) is 29.8 Å². The number of hydrogen-bond donors (Lipinski definition) is 1. The average Bonchev–Trinajstić information content (AvgIpc) is 2.84. The average molecular weight is 483 g/mol. The minimum absolute atomic E-state index is 0.0115. The first-order chi connectivity index (χ1) is 16.1. The van der Waals surface area contributed by atoms with Crippen molar-refractivity contribution >= 4 is 33.3 Å². The van der Waals surface area contributed by atoms with E-state index in [1.54, 1.807) is 36.4 Å². The first kappa shape index (κ1) is 24.8. The van der Waals surface area contributed by atoms with Gasteiger partial charge >= 0.3 is 5.97 Å². The number of ether oxygens (including phenoxy) is 2. The van der Waals surface area contributed by atoms with E-state index < -0.39 is 28.0 Å². The summed E-state index contributed by atoms with van der Waals surface area (Å²) in [5, 5.41) is 2.68. The van der Waals surface area contributed by atoms with Crippen LogP contribution < -0.4 is 14.4 Å². The monoisotopic (exact) mass is 482 g/mol.